The molecule has 1 aromatic heterocycles. The van der Waals surface area contributed by atoms with Gasteiger partial charge in [-0.15, -0.1) is 0 Å². The fraction of sp³-hybridized carbons (Fsp3) is 0.0435. The fourth-order valence-electron chi connectivity index (χ4n) is 3.18. The molecular weight excluding hydrogens is 322 g/mol. The predicted octanol–water partition coefficient (Wildman–Crippen LogP) is 4.38. The molecule has 0 aliphatic rings. The zero-order chi connectivity index (χ0) is 17.9. The summed E-state index contributed by atoms with van der Waals surface area (Å²) in [6, 6.07) is 28.5. The average molecular weight is 340 g/mol. The third-order valence-electron chi connectivity index (χ3n) is 4.50. The van der Waals surface area contributed by atoms with Crippen molar-refractivity contribution in [2.24, 2.45) is 0 Å². The Balaban J connectivity index is 1.86. The summed E-state index contributed by atoms with van der Waals surface area (Å²) in [5.41, 5.74) is 3.59. The van der Waals surface area contributed by atoms with Gasteiger partial charge >= 0.3 is 0 Å². The Morgan fingerprint density at radius 1 is 0.769 bits per heavy atom. The highest BCUT2D eigenvalue weighted by Gasteiger charge is 2.21. The van der Waals surface area contributed by atoms with Crippen LogP contribution in [0.3, 0.4) is 0 Å². The maximum absolute atomic E-state index is 12.8. The third kappa shape index (κ3) is 3.07. The number of hydrogen-bond donors (Lipinski definition) is 1. The predicted molar refractivity (Wildman–Crippen MR) is 102 cm³/mol. The van der Waals surface area contributed by atoms with Crippen molar-refractivity contribution in [1.29, 1.82) is 0 Å². The zero-order valence-corrected chi connectivity index (χ0v) is 14.2. The van der Waals surface area contributed by atoms with Gasteiger partial charge in [-0.25, -0.2) is 0 Å². The standard InChI is InChI=1S/C23H17NO2/c25-20-13-10-18(11-14-20)22-15-12-17-6-4-5-9-21(17)24(22)16-23(26)19-7-2-1-3-8-19/h1-15H,16H2/p+1. The monoisotopic (exact) mass is 340 g/mol. The minimum atomic E-state index is 0.0620. The third-order valence-corrected chi connectivity index (χ3v) is 4.50. The van der Waals surface area contributed by atoms with Crippen LogP contribution in [0.4, 0.5) is 0 Å². The number of aromatic hydroxyl groups is 1. The summed E-state index contributed by atoms with van der Waals surface area (Å²) in [4.78, 5) is 12.8. The molecule has 4 aromatic rings. The van der Waals surface area contributed by atoms with Crippen molar-refractivity contribution in [3.05, 3.63) is 96.6 Å². The Morgan fingerprint density at radius 2 is 1.46 bits per heavy atom. The van der Waals surface area contributed by atoms with Crippen molar-refractivity contribution in [2.75, 3.05) is 0 Å². The number of Topliss-reactive ketones (excluding diaryl/α,β-unsaturated/α-hetero) is 1. The van der Waals surface area contributed by atoms with Crippen LogP contribution in [0.1, 0.15) is 10.4 Å². The van der Waals surface area contributed by atoms with Gasteiger partial charge < -0.3 is 5.11 Å². The molecule has 3 heteroatoms. The Bertz CT molecular complexity index is 1070. The van der Waals surface area contributed by atoms with Gasteiger partial charge in [0.2, 0.25) is 23.5 Å². The van der Waals surface area contributed by atoms with Crippen molar-refractivity contribution in [2.45, 2.75) is 6.54 Å². The van der Waals surface area contributed by atoms with Crippen molar-refractivity contribution in [1.82, 2.24) is 0 Å². The normalized spacial score (nSPS) is 10.8. The SMILES string of the molecule is O=C(C[n+]1c(-c2ccc(O)cc2)ccc2ccccc21)c1ccccc1. The number of benzene rings is 3. The van der Waals surface area contributed by atoms with Gasteiger partial charge in [0.15, 0.2) is 0 Å². The number of phenolic OH excluding ortho intramolecular Hbond substituents is 1. The molecule has 0 atom stereocenters. The smallest absolute Gasteiger partial charge is 0.227 e. The van der Waals surface area contributed by atoms with Gasteiger partial charge in [0.25, 0.3) is 0 Å². The lowest BCUT2D eigenvalue weighted by Gasteiger charge is -2.08. The van der Waals surface area contributed by atoms with Gasteiger partial charge in [0.05, 0.1) is 0 Å². The number of para-hydroxylation sites is 1. The van der Waals surface area contributed by atoms with Gasteiger partial charge in [-0.05, 0) is 36.4 Å². The highest BCUT2D eigenvalue weighted by Crippen LogP contribution is 2.22. The molecule has 1 N–H and O–H groups in total. The molecule has 0 unspecified atom stereocenters. The first kappa shape index (κ1) is 16.0. The largest absolute Gasteiger partial charge is 0.508 e. The second-order valence-electron chi connectivity index (χ2n) is 6.20. The highest BCUT2D eigenvalue weighted by molar-refractivity contribution is 5.95. The van der Waals surface area contributed by atoms with Crippen LogP contribution in [0.5, 0.6) is 5.75 Å². The molecule has 0 saturated carbocycles. The Hall–Kier alpha value is -3.46. The second-order valence-corrected chi connectivity index (χ2v) is 6.20. The zero-order valence-electron chi connectivity index (χ0n) is 14.2. The Kier molecular flexibility index (Phi) is 4.20. The van der Waals surface area contributed by atoms with E-state index in [1.165, 1.54) is 0 Å². The molecule has 1 heterocycles. The van der Waals surface area contributed by atoms with Crippen LogP contribution in [0, 0.1) is 0 Å². The molecule has 26 heavy (non-hydrogen) atoms. The van der Waals surface area contributed by atoms with E-state index in [0.29, 0.717) is 5.56 Å². The Labute approximate surface area is 151 Å². The lowest BCUT2D eigenvalue weighted by molar-refractivity contribution is -0.646. The first-order valence-electron chi connectivity index (χ1n) is 8.51. The molecule has 3 aromatic carbocycles. The number of nitrogens with zero attached hydrogens (tertiary/aromatic N) is 1. The summed E-state index contributed by atoms with van der Waals surface area (Å²) in [6.07, 6.45) is 0. The molecule has 0 bridgehead atoms. The topological polar surface area (TPSA) is 41.2 Å². The van der Waals surface area contributed by atoms with Gasteiger partial charge in [-0.3, -0.25) is 4.79 Å². The van der Waals surface area contributed by atoms with Gasteiger partial charge in [-0.2, -0.15) is 4.57 Å². The number of carbonyl (C=O) groups is 1. The lowest BCUT2D eigenvalue weighted by Crippen LogP contribution is -2.41. The van der Waals surface area contributed by atoms with Crippen molar-refractivity contribution in [3.8, 4) is 17.0 Å². The van der Waals surface area contributed by atoms with Gasteiger partial charge in [0, 0.05) is 28.6 Å². The van der Waals surface area contributed by atoms with E-state index in [2.05, 4.69) is 6.07 Å². The van der Waals surface area contributed by atoms with Crippen molar-refractivity contribution >= 4 is 16.7 Å². The van der Waals surface area contributed by atoms with E-state index < -0.39 is 0 Å². The molecule has 0 spiro atoms. The summed E-state index contributed by atoms with van der Waals surface area (Å²) in [7, 11) is 0. The van der Waals surface area contributed by atoms with Gasteiger partial charge in [0.1, 0.15) is 5.75 Å². The van der Waals surface area contributed by atoms with Gasteiger partial charge in [-0.1, -0.05) is 42.5 Å². The lowest BCUT2D eigenvalue weighted by atomic mass is 10.1. The number of ketones is 1. The molecule has 0 fully saturated rings. The minimum absolute atomic E-state index is 0.0620. The van der Waals surface area contributed by atoms with E-state index >= 15 is 0 Å². The maximum atomic E-state index is 12.8. The van der Waals surface area contributed by atoms with E-state index in [9.17, 15) is 9.90 Å². The molecule has 0 aliphatic heterocycles. The molecule has 0 radical (unpaired) electrons. The molecule has 0 saturated heterocycles. The second kappa shape index (κ2) is 6.81. The number of rotatable bonds is 4. The van der Waals surface area contributed by atoms with Crippen molar-refractivity contribution in [3.63, 3.8) is 0 Å². The average Bonchev–Trinajstić information content (AvgIpc) is 2.70. The van der Waals surface area contributed by atoms with E-state index in [-0.39, 0.29) is 18.1 Å². The van der Waals surface area contributed by atoms with Crippen LogP contribution in [-0.2, 0) is 6.54 Å². The highest BCUT2D eigenvalue weighted by atomic mass is 16.3. The Morgan fingerprint density at radius 3 is 2.23 bits per heavy atom. The molecule has 3 nitrogen and oxygen atoms in total. The number of aromatic nitrogens is 1. The van der Waals surface area contributed by atoms with Crippen LogP contribution >= 0.6 is 0 Å². The van der Waals surface area contributed by atoms with Crippen LogP contribution in [0.2, 0.25) is 0 Å². The number of fused-ring (bicyclic) bond motifs is 1. The fourth-order valence-corrected chi connectivity index (χ4v) is 3.18. The molecule has 126 valence electrons. The first-order chi connectivity index (χ1) is 12.7. The number of phenols is 1. The maximum Gasteiger partial charge on any atom is 0.227 e. The van der Waals surface area contributed by atoms with Crippen LogP contribution in [0.25, 0.3) is 22.2 Å². The summed E-state index contributed by atoms with van der Waals surface area (Å²) in [5, 5.41) is 10.7. The molecular formula is C23H18NO2+. The van der Waals surface area contributed by atoms with Crippen LogP contribution in [-0.4, -0.2) is 10.9 Å². The number of pyridine rings is 1. The summed E-state index contributed by atoms with van der Waals surface area (Å²) >= 11 is 0. The van der Waals surface area contributed by atoms with Crippen LogP contribution < -0.4 is 4.57 Å². The molecule has 0 aliphatic carbocycles. The number of carbonyl (C=O) groups excluding carboxylic acids is 1. The van der Waals surface area contributed by atoms with Crippen molar-refractivity contribution < 1.29 is 14.5 Å². The molecule has 4 rings (SSSR count). The summed E-state index contributed by atoms with van der Waals surface area (Å²) in [6.45, 7) is 0.252. The van der Waals surface area contributed by atoms with E-state index in [0.717, 1.165) is 22.2 Å². The minimum Gasteiger partial charge on any atom is -0.508 e. The summed E-state index contributed by atoms with van der Waals surface area (Å²) in [5.74, 6) is 0.286. The van der Waals surface area contributed by atoms with E-state index in [4.69, 9.17) is 0 Å². The molecule has 0 amide bonds. The number of hydrogen-bond acceptors (Lipinski definition) is 2. The van der Waals surface area contributed by atoms with E-state index in [1.54, 1.807) is 12.1 Å². The quantitative estimate of drug-likeness (QED) is 0.442. The summed E-state index contributed by atoms with van der Waals surface area (Å²) < 4.78 is 2.04. The van der Waals surface area contributed by atoms with E-state index in [1.807, 2.05) is 77.4 Å². The first-order valence-corrected chi connectivity index (χ1v) is 8.51. The van der Waals surface area contributed by atoms with Crippen LogP contribution in [0.15, 0.2) is 91.0 Å².